The van der Waals surface area contributed by atoms with Crippen LogP contribution in [-0.2, 0) is 10.8 Å². The van der Waals surface area contributed by atoms with E-state index in [-0.39, 0.29) is 23.0 Å². The zero-order chi connectivity index (χ0) is 20.4. The molecule has 0 bridgehead atoms. The smallest absolute Gasteiger partial charge is 0.135 e. The molecule has 2 nitrogen and oxygen atoms in total. The molecule has 0 aromatic heterocycles. The van der Waals surface area contributed by atoms with Crippen molar-refractivity contribution < 1.29 is 9.47 Å². The Hall–Kier alpha value is -1.96. The summed E-state index contributed by atoms with van der Waals surface area (Å²) in [7, 11) is 0. The Balaban J connectivity index is 1.67. The van der Waals surface area contributed by atoms with Crippen LogP contribution < -0.4 is 9.47 Å². The van der Waals surface area contributed by atoms with Gasteiger partial charge in [-0.2, -0.15) is 0 Å². The Labute approximate surface area is 171 Å². The first-order valence-electron chi connectivity index (χ1n) is 10.7. The van der Waals surface area contributed by atoms with Gasteiger partial charge in [-0.3, -0.25) is 0 Å². The van der Waals surface area contributed by atoms with Crippen LogP contribution in [0.5, 0.6) is 11.5 Å². The third kappa shape index (κ3) is 5.31. The first kappa shape index (κ1) is 20.8. The van der Waals surface area contributed by atoms with Crippen LogP contribution in [0, 0.1) is 0 Å². The molecule has 0 amide bonds. The van der Waals surface area contributed by atoms with Gasteiger partial charge in [0.15, 0.2) is 0 Å². The zero-order valence-corrected chi connectivity index (χ0v) is 18.4. The molecule has 0 saturated heterocycles. The SMILES string of the molecule is CC(C)(C)c1ccc(OC2CCCCC2Oc2ccc(C(C)(C)C)cc2)cc1. The number of ether oxygens (including phenoxy) is 2. The normalized spacial score (nSPS) is 20.6. The minimum absolute atomic E-state index is 0.108. The van der Waals surface area contributed by atoms with Crippen LogP contribution in [0.1, 0.15) is 78.4 Å². The van der Waals surface area contributed by atoms with Crippen LogP contribution in [-0.4, -0.2) is 12.2 Å². The van der Waals surface area contributed by atoms with Crippen molar-refractivity contribution in [2.24, 2.45) is 0 Å². The summed E-state index contributed by atoms with van der Waals surface area (Å²) in [4.78, 5) is 0. The van der Waals surface area contributed by atoms with E-state index in [4.69, 9.17) is 9.47 Å². The molecule has 0 N–H and O–H groups in total. The summed E-state index contributed by atoms with van der Waals surface area (Å²) in [5.74, 6) is 1.88. The molecule has 0 aliphatic heterocycles. The molecule has 0 spiro atoms. The van der Waals surface area contributed by atoms with E-state index in [0.29, 0.717) is 0 Å². The second-order valence-electron chi connectivity index (χ2n) is 10.1. The molecule has 2 aromatic carbocycles. The van der Waals surface area contributed by atoms with Crippen molar-refractivity contribution in [2.45, 2.75) is 90.3 Å². The van der Waals surface area contributed by atoms with Crippen LogP contribution in [0.3, 0.4) is 0 Å². The number of benzene rings is 2. The summed E-state index contributed by atoms with van der Waals surface area (Å²) >= 11 is 0. The third-order valence-electron chi connectivity index (χ3n) is 5.66. The Morgan fingerprint density at radius 1 is 0.571 bits per heavy atom. The quantitative estimate of drug-likeness (QED) is 0.566. The Kier molecular flexibility index (Phi) is 6.07. The van der Waals surface area contributed by atoms with E-state index in [0.717, 1.165) is 24.3 Å². The summed E-state index contributed by atoms with van der Waals surface area (Å²) in [6.07, 6.45) is 4.71. The maximum atomic E-state index is 6.36. The summed E-state index contributed by atoms with van der Waals surface area (Å²) in [6, 6.07) is 17.1. The molecule has 28 heavy (non-hydrogen) atoms. The monoisotopic (exact) mass is 380 g/mol. The lowest BCUT2D eigenvalue weighted by Gasteiger charge is -2.32. The van der Waals surface area contributed by atoms with Crippen LogP contribution in [0.25, 0.3) is 0 Å². The molecular formula is C26H36O2. The first-order valence-corrected chi connectivity index (χ1v) is 10.7. The van der Waals surface area contributed by atoms with Crippen LogP contribution in [0.15, 0.2) is 48.5 Å². The molecule has 152 valence electrons. The Bertz CT molecular complexity index is 678. The fourth-order valence-corrected chi connectivity index (χ4v) is 3.75. The minimum Gasteiger partial charge on any atom is -0.487 e. The molecule has 2 atom stereocenters. The van der Waals surface area contributed by atoms with Gasteiger partial charge in [-0.25, -0.2) is 0 Å². The Morgan fingerprint density at radius 2 is 0.893 bits per heavy atom. The summed E-state index contributed by atoms with van der Waals surface area (Å²) in [5, 5.41) is 0. The molecular weight excluding hydrogens is 344 g/mol. The predicted molar refractivity (Wildman–Crippen MR) is 118 cm³/mol. The number of hydrogen-bond donors (Lipinski definition) is 0. The topological polar surface area (TPSA) is 18.5 Å². The van der Waals surface area contributed by atoms with Gasteiger partial charge in [-0.1, -0.05) is 65.8 Å². The Morgan fingerprint density at radius 3 is 1.18 bits per heavy atom. The average molecular weight is 381 g/mol. The van der Waals surface area contributed by atoms with Gasteiger partial charge in [0, 0.05) is 0 Å². The highest BCUT2D eigenvalue weighted by Gasteiger charge is 2.29. The van der Waals surface area contributed by atoms with Crippen molar-refractivity contribution in [3.05, 3.63) is 59.7 Å². The lowest BCUT2D eigenvalue weighted by molar-refractivity contribution is 0.0231. The van der Waals surface area contributed by atoms with E-state index in [1.54, 1.807) is 0 Å². The van der Waals surface area contributed by atoms with Gasteiger partial charge in [-0.15, -0.1) is 0 Å². The third-order valence-corrected chi connectivity index (χ3v) is 5.66. The maximum absolute atomic E-state index is 6.36. The van der Waals surface area contributed by atoms with Crippen molar-refractivity contribution in [1.82, 2.24) is 0 Å². The van der Waals surface area contributed by atoms with Gasteiger partial charge in [0.2, 0.25) is 0 Å². The standard InChI is InChI=1S/C26H36O2/c1-25(2,3)19-11-15-21(16-12-19)27-23-9-7-8-10-24(23)28-22-17-13-20(14-18-22)26(4,5)6/h11-18,23-24H,7-10H2,1-6H3. The molecule has 1 saturated carbocycles. The largest absolute Gasteiger partial charge is 0.487 e. The van der Waals surface area contributed by atoms with E-state index in [1.807, 2.05) is 0 Å². The summed E-state index contributed by atoms with van der Waals surface area (Å²) in [5.41, 5.74) is 2.98. The van der Waals surface area contributed by atoms with Gasteiger partial charge in [0.05, 0.1) is 0 Å². The van der Waals surface area contributed by atoms with E-state index in [9.17, 15) is 0 Å². The van der Waals surface area contributed by atoms with Crippen molar-refractivity contribution in [1.29, 1.82) is 0 Å². The highest BCUT2D eigenvalue weighted by atomic mass is 16.5. The van der Waals surface area contributed by atoms with Crippen molar-refractivity contribution in [3.8, 4) is 11.5 Å². The molecule has 2 heteroatoms. The van der Waals surface area contributed by atoms with Gasteiger partial charge in [0.25, 0.3) is 0 Å². The predicted octanol–water partition coefficient (Wildman–Crippen LogP) is 7.05. The lowest BCUT2D eigenvalue weighted by atomic mass is 9.87. The fourth-order valence-electron chi connectivity index (χ4n) is 3.75. The minimum atomic E-state index is 0.108. The van der Waals surface area contributed by atoms with Gasteiger partial charge >= 0.3 is 0 Å². The first-order chi connectivity index (χ1) is 13.1. The van der Waals surface area contributed by atoms with Gasteiger partial charge in [-0.05, 0) is 71.9 Å². The molecule has 0 radical (unpaired) electrons. The lowest BCUT2D eigenvalue weighted by Crippen LogP contribution is -2.39. The van der Waals surface area contributed by atoms with E-state index >= 15 is 0 Å². The maximum Gasteiger partial charge on any atom is 0.135 e. The highest BCUT2D eigenvalue weighted by molar-refractivity contribution is 5.32. The zero-order valence-electron chi connectivity index (χ0n) is 18.4. The second kappa shape index (κ2) is 8.19. The molecule has 1 aliphatic carbocycles. The van der Waals surface area contributed by atoms with Crippen molar-refractivity contribution in [3.63, 3.8) is 0 Å². The second-order valence-corrected chi connectivity index (χ2v) is 10.1. The molecule has 0 heterocycles. The highest BCUT2D eigenvalue weighted by Crippen LogP contribution is 2.30. The fraction of sp³-hybridized carbons (Fsp3) is 0.538. The van der Waals surface area contributed by atoms with Crippen LogP contribution in [0.2, 0.25) is 0 Å². The molecule has 1 fully saturated rings. The molecule has 1 aliphatic rings. The van der Waals surface area contributed by atoms with Crippen LogP contribution in [0.4, 0.5) is 0 Å². The summed E-state index contributed by atoms with van der Waals surface area (Å²) in [6.45, 7) is 13.4. The van der Waals surface area contributed by atoms with E-state index in [1.165, 1.54) is 24.0 Å². The van der Waals surface area contributed by atoms with Gasteiger partial charge in [0.1, 0.15) is 23.7 Å². The van der Waals surface area contributed by atoms with E-state index in [2.05, 4.69) is 90.1 Å². The van der Waals surface area contributed by atoms with E-state index < -0.39 is 0 Å². The molecule has 3 rings (SSSR count). The van der Waals surface area contributed by atoms with Crippen molar-refractivity contribution >= 4 is 0 Å². The van der Waals surface area contributed by atoms with Gasteiger partial charge < -0.3 is 9.47 Å². The summed E-state index contributed by atoms with van der Waals surface area (Å²) < 4.78 is 12.7. The van der Waals surface area contributed by atoms with Crippen LogP contribution >= 0.6 is 0 Å². The van der Waals surface area contributed by atoms with Crippen molar-refractivity contribution in [2.75, 3.05) is 0 Å². The number of hydrogen-bond acceptors (Lipinski definition) is 2. The molecule has 2 aromatic rings. The average Bonchev–Trinajstić information content (AvgIpc) is 2.63. The number of rotatable bonds is 4. The molecule has 2 unspecified atom stereocenters.